The lowest BCUT2D eigenvalue weighted by Crippen LogP contribution is -2.53. The lowest BCUT2D eigenvalue weighted by molar-refractivity contribution is -0.128. The summed E-state index contributed by atoms with van der Waals surface area (Å²) in [5.74, 6) is -4.79. The van der Waals surface area contributed by atoms with Gasteiger partial charge in [-0.15, -0.1) is 0 Å². The van der Waals surface area contributed by atoms with Crippen LogP contribution in [0.4, 0.5) is 5.69 Å². The van der Waals surface area contributed by atoms with Gasteiger partial charge < -0.3 is 5.11 Å². The van der Waals surface area contributed by atoms with E-state index in [2.05, 4.69) is 5.32 Å². The average molecular weight is 587 g/mol. The summed E-state index contributed by atoms with van der Waals surface area (Å²) in [6.45, 7) is 0. The molecular weight excluding hydrogens is 563 g/mol. The van der Waals surface area contributed by atoms with E-state index in [1.807, 2.05) is 36.4 Å². The Hall–Kier alpha value is -3.94. The summed E-state index contributed by atoms with van der Waals surface area (Å²) in [5.41, 5.74) is 0.964. The zero-order valence-electron chi connectivity index (χ0n) is 21.6. The first-order chi connectivity index (χ1) is 19.7. The molecule has 7 nitrogen and oxygen atoms in total. The van der Waals surface area contributed by atoms with Gasteiger partial charge in [0.05, 0.1) is 28.9 Å². The van der Waals surface area contributed by atoms with Crippen molar-refractivity contribution in [3.05, 3.63) is 106 Å². The molecule has 4 aliphatic rings. The van der Waals surface area contributed by atoms with Crippen molar-refractivity contribution in [2.75, 3.05) is 4.90 Å². The number of nitrogens with zero attached hydrogens (tertiary/aromatic N) is 1. The number of carbonyl (C=O) groups excluding carboxylic acids is 4. The Labute approximate surface area is 245 Å². The minimum atomic E-state index is -1.41. The Morgan fingerprint density at radius 2 is 1.66 bits per heavy atom. The molecule has 0 aromatic heterocycles. The predicted molar refractivity (Wildman–Crippen MR) is 152 cm³/mol. The number of halogens is 2. The first-order valence-corrected chi connectivity index (χ1v) is 14.2. The van der Waals surface area contributed by atoms with E-state index in [0.717, 1.165) is 5.57 Å². The largest absolute Gasteiger partial charge is 0.508 e. The van der Waals surface area contributed by atoms with Crippen LogP contribution in [-0.2, 0) is 24.6 Å². The molecular formula is C32H24Cl2N2O5. The van der Waals surface area contributed by atoms with Crippen molar-refractivity contribution in [2.24, 2.45) is 23.7 Å². The first kappa shape index (κ1) is 26.0. The number of phenols is 1. The summed E-state index contributed by atoms with van der Waals surface area (Å²) >= 11 is 13.1. The van der Waals surface area contributed by atoms with E-state index in [9.17, 15) is 24.3 Å². The highest BCUT2D eigenvalue weighted by Crippen LogP contribution is 2.64. The molecule has 206 valence electrons. The molecule has 1 saturated carbocycles. The van der Waals surface area contributed by atoms with Gasteiger partial charge in [0.15, 0.2) is 0 Å². The van der Waals surface area contributed by atoms with Crippen LogP contribution in [0.25, 0.3) is 0 Å². The van der Waals surface area contributed by atoms with Gasteiger partial charge in [0.2, 0.25) is 23.6 Å². The van der Waals surface area contributed by atoms with Crippen LogP contribution in [-0.4, -0.2) is 28.7 Å². The van der Waals surface area contributed by atoms with E-state index in [4.69, 9.17) is 23.2 Å². The normalized spacial score (nSPS) is 30.4. The highest BCUT2D eigenvalue weighted by molar-refractivity contribution is 6.33. The van der Waals surface area contributed by atoms with E-state index in [1.165, 1.54) is 17.0 Å². The van der Waals surface area contributed by atoms with Gasteiger partial charge in [-0.05, 0) is 60.2 Å². The standard InChI is InChI=1S/C32H24Cl2N2O5/c33-17-7-4-8-18(13-17)36-30(40)24-15-23-20(11-12-22-26(23)29(39)35-28(22)38)27(21-10-9-19(37)14-25(21)34)32(24,31(36)41)16-5-2-1-3-6-16/h1-11,13-14,22-24,26-27,37H,12,15H2,(H,35,38,39). The number of amides is 4. The van der Waals surface area contributed by atoms with Gasteiger partial charge in [-0.25, -0.2) is 4.90 Å². The predicted octanol–water partition coefficient (Wildman–Crippen LogP) is 5.15. The quantitative estimate of drug-likeness (QED) is 0.326. The lowest BCUT2D eigenvalue weighted by Gasteiger charge is -2.51. The second-order valence-corrected chi connectivity index (χ2v) is 12.0. The number of fused-ring (bicyclic) bond motifs is 4. The number of hydrogen-bond donors (Lipinski definition) is 2. The van der Waals surface area contributed by atoms with Gasteiger partial charge in [0, 0.05) is 16.0 Å². The van der Waals surface area contributed by atoms with E-state index >= 15 is 0 Å². The van der Waals surface area contributed by atoms with Crippen LogP contribution in [0.15, 0.2) is 84.4 Å². The highest BCUT2D eigenvalue weighted by Gasteiger charge is 2.70. The van der Waals surface area contributed by atoms with Crippen molar-refractivity contribution < 1.29 is 24.3 Å². The number of imide groups is 2. The van der Waals surface area contributed by atoms with Crippen molar-refractivity contribution in [3.63, 3.8) is 0 Å². The van der Waals surface area contributed by atoms with Crippen LogP contribution in [0.2, 0.25) is 10.0 Å². The maximum Gasteiger partial charge on any atom is 0.246 e. The molecule has 3 aromatic carbocycles. The van der Waals surface area contributed by atoms with Crippen molar-refractivity contribution in [1.29, 1.82) is 0 Å². The Balaban J connectivity index is 1.53. The van der Waals surface area contributed by atoms with Crippen LogP contribution in [0.5, 0.6) is 5.75 Å². The SMILES string of the molecule is O=C1NC(=O)C2C1CC=C1C2CC2C(=O)N(c3cccc(Cl)c3)C(=O)C2(c2ccccc2)C1c1ccc(O)cc1Cl. The maximum absolute atomic E-state index is 15.0. The Kier molecular flexibility index (Phi) is 5.89. The second kappa shape index (κ2) is 9.29. The van der Waals surface area contributed by atoms with Gasteiger partial charge in [-0.2, -0.15) is 0 Å². The zero-order chi connectivity index (χ0) is 28.6. The number of carbonyl (C=O) groups is 4. The fraction of sp³-hybridized carbons (Fsp3) is 0.250. The number of nitrogens with one attached hydrogen (secondary N) is 1. The van der Waals surface area contributed by atoms with Crippen LogP contribution in [0.1, 0.15) is 29.9 Å². The Bertz CT molecular complexity index is 1690. The number of anilines is 1. The number of phenolic OH excluding ortho intramolecular Hbond substituents is 1. The number of benzene rings is 3. The topological polar surface area (TPSA) is 104 Å². The molecule has 7 rings (SSSR count). The van der Waals surface area contributed by atoms with Crippen LogP contribution < -0.4 is 10.2 Å². The van der Waals surface area contributed by atoms with Crippen molar-refractivity contribution in [2.45, 2.75) is 24.2 Å². The van der Waals surface area contributed by atoms with Crippen LogP contribution in [0, 0.1) is 23.7 Å². The third-order valence-corrected chi connectivity index (χ3v) is 9.87. The van der Waals surface area contributed by atoms with Gasteiger partial charge in [-0.3, -0.25) is 24.5 Å². The molecule has 3 fully saturated rings. The Morgan fingerprint density at radius 3 is 2.39 bits per heavy atom. The molecule has 2 saturated heterocycles. The molecule has 0 radical (unpaired) electrons. The Morgan fingerprint density at radius 1 is 0.878 bits per heavy atom. The minimum Gasteiger partial charge on any atom is -0.508 e. The first-order valence-electron chi connectivity index (χ1n) is 13.5. The highest BCUT2D eigenvalue weighted by atomic mass is 35.5. The van der Waals surface area contributed by atoms with E-state index < -0.39 is 46.8 Å². The monoisotopic (exact) mass is 586 g/mol. The fourth-order valence-electron chi connectivity index (χ4n) is 7.75. The summed E-state index contributed by atoms with van der Waals surface area (Å²) in [7, 11) is 0. The van der Waals surface area contributed by atoms with Gasteiger partial charge in [0.1, 0.15) is 5.75 Å². The van der Waals surface area contributed by atoms with Crippen molar-refractivity contribution in [1.82, 2.24) is 5.32 Å². The molecule has 0 spiro atoms. The molecule has 4 amide bonds. The van der Waals surface area contributed by atoms with Crippen LogP contribution in [0.3, 0.4) is 0 Å². The lowest BCUT2D eigenvalue weighted by atomic mass is 9.49. The minimum absolute atomic E-state index is 0.0377. The van der Waals surface area contributed by atoms with E-state index in [0.29, 0.717) is 28.3 Å². The molecule has 2 aliphatic heterocycles. The number of aromatic hydroxyl groups is 1. The molecule has 3 aromatic rings. The second-order valence-electron chi connectivity index (χ2n) is 11.2. The smallest absolute Gasteiger partial charge is 0.246 e. The summed E-state index contributed by atoms with van der Waals surface area (Å²) in [5, 5.41) is 13.3. The van der Waals surface area contributed by atoms with E-state index in [1.54, 1.807) is 30.3 Å². The molecule has 6 unspecified atom stereocenters. The molecule has 2 aliphatic carbocycles. The zero-order valence-corrected chi connectivity index (χ0v) is 23.1. The van der Waals surface area contributed by atoms with Gasteiger partial charge in [-0.1, -0.05) is 77.3 Å². The molecule has 6 atom stereocenters. The van der Waals surface area contributed by atoms with Crippen molar-refractivity contribution in [3.8, 4) is 5.75 Å². The molecule has 41 heavy (non-hydrogen) atoms. The van der Waals surface area contributed by atoms with Gasteiger partial charge in [0.25, 0.3) is 0 Å². The summed E-state index contributed by atoms with van der Waals surface area (Å²) in [6.07, 6.45) is 2.49. The molecule has 2 N–H and O–H groups in total. The van der Waals surface area contributed by atoms with E-state index in [-0.39, 0.29) is 29.0 Å². The molecule has 2 heterocycles. The van der Waals surface area contributed by atoms with Gasteiger partial charge >= 0.3 is 0 Å². The summed E-state index contributed by atoms with van der Waals surface area (Å²) in [6, 6.07) is 20.4. The number of hydrogen-bond acceptors (Lipinski definition) is 5. The number of rotatable bonds is 3. The molecule has 0 bridgehead atoms. The average Bonchev–Trinajstić information content (AvgIpc) is 3.37. The van der Waals surface area contributed by atoms with Crippen molar-refractivity contribution >= 4 is 52.5 Å². The summed E-state index contributed by atoms with van der Waals surface area (Å²) < 4.78 is 0. The summed E-state index contributed by atoms with van der Waals surface area (Å²) in [4.78, 5) is 56.5. The molecule has 9 heteroatoms. The maximum atomic E-state index is 15.0. The third-order valence-electron chi connectivity index (χ3n) is 9.30. The van der Waals surface area contributed by atoms with Crippen LogP contribution >= 0.6 is 23.2 Å². The fourth-order valence-corrected chi connectivity index (χ4v) is 8.22. The number of allylic oxidation sites excluding steroid dienone is 2. The third kappa shape index (κ3) is 3.58.